The van der Waals surface area contributed by atoms with Crippen LogP contribution in [-0.4, -0.2) is 38.4 Å². The minimum Gasteiger partial charge on any atom is -0.387 e. The van der Waals surface area contributed by atoms with Crippen LogP contribution in [0.4, 0.5) is 0 Å². The van der Waals surface area contributed by atoms with Crippen molar-refractivity contribution in [2.75, 3.05) is 13.1 Å². The van der Waals surface area contributed by atoms with Gasteiger partial charge in [0.2, 0.25) is 5.91 Å². The number of hydrogen-bond acceptors (Lipinski definition) is 4. The maximum Gasteiger partial charge on any atom is 0.222 e. The van der Waals surface area contributed by atoms with Crippen LogP contribution in [0.25, 0.3) is 5.65 Å². The minimum absolute atomic E-state index is 0.186. The summed E-state index contributed by atoms with van der Waals surface area (Å²) in [5.74, 6) is 0.433. The van der Waals surface area contributed by atoms with Crippen molar-refractivity contribution in [1.29, 1.82) is 0 Å². The molecule has 3 aromatic heterocycles. The fraction of sp³-hybridized carbons (Fsp3) is 0.400. The molecule has 0 saturated carbocycles. The number of aliphatic hydroxyl groups excluding tert-OH is 1. The van der Waals surface area contributed by atoms with Gasteiger partial charge in [-0.15, -0.1) is 11.3 Å². The number of nitrogens with zero attached hydrogens (tertiary/aromatic N) is 3. The van der Waals surface area contributed by atoms with Crippen molar-refractivity contribution in [3.63, 3.8) is 0 Å². The van der Waals surface area contributed by atoms with Crippen molar-refractivity contribution in [2.24, 2.45) is 5.92 Å². The van der Waals surface area contributed by atoms with Crippen molar-refractivity contribution in [2.45, 2.75) is 31.8 Å². The Bertz CT molecular complexity index is 833. The maximum absolute atomic E-state index is 12.5. The first-order chi connectivity index (χ1) is 12.7. The lowest BCUT2D eigenvalue weighted by Gasteiger charge is -2.34. The summed E-state index contributed by atoms with van der Waals surface area (Å²) in [5.41, 5.74) is 1.87. The Labute approximate surface area is 156 Å². The molecule has 0 radical (unpaired) electrons. The number of imidazole rings is 1. The summed E-state index contributed by atoms with van der Waals surface area (Å²) < 4.78 is 1.98. The number of hydrogen-bond donors (Lipinski definition) is 1. The molecular formula is C20H23N3O2S. The van der Waals surface area contributed by atoms with E-state index in [1.54, 1.807) is 11.3 Å². The van der Waals surface area contributed by atoms with E-state index in [0.29, 0.717) is 12.8 Å². The zero-order valence-corrected chi connectivity index (χ0v) is 15.4. The van der Waals surface area contributed by atoms with E-state index in [0.717, 1.165) is 42.1 Å². The number of piperidine rings is 1. The zero-order chi connectivity index (χ0) is 17.9. The van der Waals surface area contributed by atoms with Crippen molar-refractivity contribution in [3.8, 4) is 0 Å². The number of aryl methyl sites for hydroxylation is 1. The Kier molecular flexibility index (Phi) is 5.04. The van der Waals surface area contributed by atoms with E-state index >= 15 is 0 Å². The minimum atomic E-state index is -0.398. The van der Waals surface area contributed by atoms with Crippen LogP contribution in [0.5, 0.6) is 0 Å². The molecule has 0 aliphatic carbocycles. The first-order valence-electron chi connectivity index (χ1n) is 9.12. The van der Waals surface area contributed by atoms with Gasteiger partial charge in [-0.25, -0.2) is 4.98 Å². The molecule has 6 heteroatoms. The highest BCUT2D eigenvalue weighted by Gasteiger charge is 2.28. The first kappa shape index (κ1) is 17.2. The number of aromatic nitrogens is 2. The lowest BCUT2D eigenvalue weighted by atomic mass is 9.90. The average Bonchev–Trinajstić information content (AvgIpc) is 3.35. The highest BCUT2D eigenvalue weighted by Crippen LogP contribution is 2.33. The molecule has 1 N–H and O–H groups in total. The Hall–Kier alpha value is -2.18. The number of fused-ring (bicyclic) bond motifs is 1. The van der Waals surface area contributed by atoms with Gasteiger partial charge in [0.1, 0.15) is 5.65 Å². The second kappa shape index (κ2) is 7.60. The predicted molar refractivity (Wildman–Crippen MR) is 102 cm³/mol. The Morgan fingerprint density at radius 3 is 2.85 bits per heavy atom. The van der Waals surface area contributed by atoms with Crippen LogP contribution >= 0.6 is 11.3 Å². The lowest BCUT2D eigenvalue weighted by molar-refractivity contribution is -0.133. The molecule has 1 amide bonds. The lowest BCUT2D eigenvalue weighted by Crippen LogP contribution is -2.39. The van der Waals surface area contributed by atoms with Gasteiger partial charge in [0, 0.05) is 36.8 Å². The van der Waals surface area contributed by atoms with Gasteiger partial charge in [-0.05, 0) is 48.8 Å². The van der Waals surface area contributed by atoms with Crippen molar-refractivity contribution < 1.29 is 9.90 Å². The van der Waals surface area contributed by atoms with E-state index in [1.807, 2.05) is 57.4 Å². The molecule has 1 fully saturated rings. The van der Waals surface area contributed by atoms with E-state index in [2.05, 4.69) is 4.98 Å². The van der Waals surface area contributed by atoms with Gasteiger partial charge >= 0.3 is 0 Å². The quantitative estimate of drug-likeness (QED) is 0.751. The molecule has 3 aromatic rings. The van der Waals surface area contributed by atoms with Crippen LogP contribution in [0.15, 0.2) is 48.1 Å². The van der Waals surface area contributed by atoms with Gasteiger partial charge < -0.3 is 14.4 Å². The van der Waals surface area contributed by atoms with Crippen LogP contribution in [0.2, 0.25) is 0 Å². The van der Waals surface area contributed by atoms with Gasteiger partial charge in [-0.2, -0.15) is 0 Å². The zero-order valence-electron chi connectivity index (χ0n) is 14.6. The van der Waals surface area contributed by atoms with Gasteiger partial charge in [0.15, 0.2) is 0 Å². The van der Waals surface area contributed by atoms with Gasteiger partial charge in [-0.1, -0.05) is 12.1 Å². The van der Waals surface area contributed by atoms with Gasteiger partial charge in [0.25, 0.3) is 0 Å². The molecule has 1 aliphatic heterocycles. The Morgan fingerprint density at radius 1 is 1.27 bits per heavy atom. The molecule has 26 heavy (non-hydrogen) atoms. The summed E-state index contributed by atoms with van der Waals surface area (Å²) in [4.78, 5) is 20.0. The summed E-state index contributed by atoms with van der Waals surface area (Å²) in [6.07, 6.45) is 6.44. The number of thiophene rings is 1. The first-order valence-corrected chi connectivity index (χ1v) is 10.0. The van der Waals surface area contributed by atoms with Crippen molar-refractivity contribution in [1.82, 2.24) is 14.3 Å². The molecule has 4 rings (SSSR count). The number of aliphatic hydroxyl groups is 1. The average molecular weight is 369 g/mol. The Morgan fingerprint density at radius 2 is 2.12 bits per heavy atom. The van der Waals surface area contributed by atoms with E-state index in [4.69, 9.17) is 0 Å². The summed E-state index contributed by atoms with van der Waals surface area (Å²) >= 11 is 1.60. The molecule has 4 heterocycles. The third-order valence-electron chi connectivity index (χ3n) is 5.18. The number of carbonyl (C=O) groups excluding carboxylic acids is 1. The molecule has 0 spiro atoms. The van der Waals surface area contributed by atoms with Crippen LogP contribution in [0, 0.1) is 5.92 Å². The highest BCUT2D eigenvalue weighted by atomic mass is 32.1. The van der Waals surface area contributed by atoms with Crippen LogP contribution < -0.4 is 0 Å². The third-order valence-corrected chi connectivity index (χ3v) is 6.13. The smallest absolute Gasteiger partial charge is 0.222 e. The number of likely N-dealkylation sites (tertiary alicyclic amines) is 1. The predicted octanol–water partition coefficient (Wildman–Crippen LogP) is 3.30. The highest BCUT2D eigenvalue weighted by molar-refractivity contribution is 7.10. The fourth-order valence-corrected chi connectivity index (χ4v) is 4.46. The van der Waals surface area contributed by atoms with Crippen molar-refractivity contribution >= 4 is 22.9 Å². The number of pyridine rings is 1. The van der Waals surface area contributed by atoms with E-state index < -0.39 is 6.10 Å². The topological polar surface area (TPSA) is 57.8 Å². The van der Waals surface area contributed by atoms with Crippen molar-refractivity contribution in [3.05, 3.63) is 58.7 Å². The molecule has 136 valence electrons. The summed E-state index contributed by atoms with van der Waals surface area (Å²) in [7, 11) is 0. The standard InChI is InChI=1S/C20H23N3O2S/c24-19(7-6-16-14-23-10-2-1-5-18(23)21-16)22-11-8-15(9-12-22)20(25)17-4-3-13-26-17/h1-5,10,13-15,20,25H,6-9,11-12H2/t20-/m0/s1. The Balaban J connectivity index is 1.28. The monoisotopic (exact) mass is 369 g/mol. The third kappa shape index (κ3) is 3.66. The molecule has 0 unspecified atom stereocenters. The number of amides is 1. The number of rotatable bonds is 5. The largest absolute Gasteiger partial charge is 0.387 e. The van der Waals surface area contributed by atoms with Crippen LogP contribution in [-0.2, 0) is 11.2 Å². The number of carbonyl (C=O) groups is 1. The molecular weight excluding hydrogens is 346 g/mol. The summed E-state index contributed by atoms with van der Waals surface area (Å²) in [6.45, 7) is 1.47. The molecule has 0 aromatic carbocycles. The molecule has 1 atom stereocenters. The molecule has 1 saturated heterocycles. The van der Waals surface area contributed by atoms with E-state index in [1.165, 1.54) is 0 Å². The molecule has 5 nitrogen and oxygen atoms in total. The maximum atomic E-state index is 12.5. The summed E-state index contributed by atoms with van der Waals surface area (Å²) in [6, 6.07) is 9.86. The van der Waals surface area contributed by atoms with Gasteiger partial charge in [-0.3, -0.25) is 4.79 Å². The molecule has 0 bridgehead atoms. The SMILES string of the molecule is O=C(CCc1cn2ccccc2n1)N1CCC([C@H](O)c2cccs2)CC1. The summed E-state index contributed by atoms with van der Waals surface area (Å²) in [5, 5.41) is 12.5. The fourth-order valence-electron chi connectivity index (χ4n) is 3.66. The van der Waals surface area contributed by atoms with Crippen LogP contribution in [0.1, 0.15) is 35.9 Å². The second-order valence-electron chi connectivity index (χ2n) is 6.88. The van der Waals surface area contributed by atoms with Crippen LogP contribution in [0.3, 0.4) is 0 Å². The normalized spacial score (nSPS) is 16.9. The molecule has 1 aliphatic rings. The van der Waals surface area contributed by atoms with Gasteiger partial charge in [0.05, 0.1) is 11.8 Å². The van der Waals surface area contributed by atoms with E-state index in [9.17, 15) is 9.90 Å². The second-order valence-corrected chi connectivity index (χ2v) is 7.86. The van der Waals surface area contributed by atoms with E-state index in [-0.39, 0.29) is 11.8 Å².